The van der Waals surface area contributed by atoms with Gasteiger partial charge >= 0.3 is 0 Å². The highest BCUT2D eigenvalue weighted by Crippen LogP contribution is 2.18. The largest absolute Gasteiger partial charge is 0.316 e. The Morgan fingerprint density at radius 2 is 2.05 bits per heavy atom. The molecule has 1 aliphatic heterocycles. The third kappa shape index (κ3) is 5.09. The molecule has 2 unspecified atom stereocenters. The summed E-state index contributed by atoms with van der Waals surface area (Å²) in [7, 11) is -3.04. The SMILES string of the molecule is CC(CNCC1CCCN(S(C)(=O)=O)C1)c1ccccc1. The summed E-state index contributed by atoms with van der Waals surface area (Å²) in [4.78, 5) is 0. The van der Waals surface area contributed by atoms with Crippen molar-refractivity contribution in [2.75, 3.05) is 32.4 Å². The number of sulfonamides is 1. The quantitative estimate of drug-likeness (QED) is 0.875. The third-order valence-corrected chi connectivity index (χ3v) is 5.47. The summed E-state index contributed by atoms with van der Waals surface area (Å²) in [6.07, 6.45) is 3.38. The van der Waals surface area contributed by atoms with Crippen molar-refractivity contribution in [3.63, 3.8) is 0 Å². The molecule has 0 radical (unpaired) electrons. The molecule has 1 aliphatic rings. The van der Waals surface area contributed by atoms with E-state index in [2.05, 4.69) is 36.5 Å². The van der Waals surface area contributed by atoms with Gasteiger partial charge in [0.1, 0.15) is 0 Å². The maximum Gasteiger partial charge on any atom is 0.211 e. The number of rotatable bonds is 6. The Hall–Kier alpha value is -0.910. The first kappa shape index (κ1) is 16.5. The van der Waals surface area contributed by atoms with Crippen molar-refractivity contribution in [2.24, 2.45) is 5.92 Å². The van der Waals surface area contributed by atoms with Gasteiger partial charge in [-0.15, -0.1) is 0 Å². The van der Waals surface area contributed by atoms with E-state index in [4.69, 9.17) is 0 Å². The molecule has 1 fully saturated rings. The zero-order valence-corrected chi connectivity index (χ0v) is 13.8. The molecular formula is C16H26N2O2S. The van der Waals surface area contributed by atoms with E-state index in [-0.39, 0.29) is 0 Å². The van der Waals surface area contributed by atoms with Crippen molar-refractivity contribution < 1.29 is 8.42 Å². The van der Waals surface area contributed by atoms with Gasteiger partial charge in [-0.3, -0.25) is 0 Å². The van der Waals surface area contributed by atoms with Gasteiger partial charge in [0.25, 0.3) is 0 Å². The van der Waals surface area contributed by atoms with Gasteiger partial charge in [0, 0.05) is 19.6 Å². The zero-order chi connectivity index (χ0) is 15.3. The fraction of sp³-hybridized carbons (Fsp3) is 0.625. The number of hydrogen-bond donors (Lipinski definition) is 1. The Labute approximate surface area is 128 Å². The maximum atomic E-state index is 11.6. The van der Waals surface area contributed by atoms with Crippen LogP contribution in [0.1, 0.15) is 31.2 Å². The normalized spacial score (nSPS) is 22.1. The fourth-order valence-electron chi connectivity index (χ4n) is 2.90. The van der Waals surface area contributed by atoms with Crippen molar-refractivity contribution in [1.82, 2.24) is 9.62 Å². The summed E-state index contributed by atoms with van der Waals surface area (Å²) >= 11 is 0. The molecule has 1 aromatic rings. The maximum absolute atomic E-state index is 11.6. The van der Waals surface area contributed by atoms with Crippen LogP contribution in [0.5, 0.6) is 0 Å². The van der Waals surface area contributed by atoms with Gasteiger partial charge in [0.05, 0.1) is 6.26 Å². The number of nitrogens with one attached hydrogen (secondary N) is 1. The lowest BCUT2D eigenvalue weighted by atomic mass is 9.98. The van der Waals surface area contributed by atoms with Crippen LogP contribution in [0.3, 0.4) is 0 Å². The van der Waals surface area contributed by atoms with Crippen molar-refractivity contribution in [3.05, 3.63) is 35.9 Å². The minimum absolute atomic E-state index is 0.427. The summed E-state index contributed by atoms with van der Waals surface area (Å²) in [5, 5.41) is 3.50. The van der Waals surface area contributed by atoms with Crippen LogP contribution in [-0.2, 0) is 10.0 Å². The topological polar surface area (TPSA) is 49.4 Å². The number of nitrogens with zero attached hydrogens (tertiary/aromatic N) is 1. The molecule has 4 nitrogen and oxygen atoms in total. The standard InChI is InChI=1S/C16H26N2O2S/c1-14(16-8-4-3-5-9-16)11-17-12-15-7-6-10-18(13-15)21(2,19)20/h3-5,8-9,14-15,17H,6-7,10-13H2,1-2H3. The fourth-order valence-corrected chi connectivity index (χ4v) is 3.84. The van der Waals surface area contributed by atoms with E-state index < -0.39 is 10.0 Å². The van der Waals surface area contributed by atoms with Crippen LogP contribution in [0.25, 0.3) is 0 Å². The molecule has 2 atom stereocenters. The van der Waals surface area contributed by atoms with Crippen LogP contribution in [0, 0.1) is 5.92 Å². The Morgan fingerprint density at radius 1 is 1.33 bits per heavy atom. The van der Waals surface area contributed by atoms with Crippen LogP contribution in [-0.4, -0.2) is 45.2 Å². The molecule has 1 aromatic carbocycles. The lowest BCUT2D eigenvalue weighted by molar-refractivity contribution is 0.261. The van der Waals surface area contributed by atoms with Crippen LogP contribution in [0.2, 0.25) is 0 Å². The van der Waals surface area contributed by atoms with Gasteiger partial charge in [-0.05, 0) is 36.8 Å². The molecule has 118 valence electrons. The third-order valence-electron chi connectivity index (χ3n) is 4.20. The Morgan fingerprint density at radius 3 is 2.71 bits per heavy atom. The highest BCUT2D eigenvalue weighted by Gasteiger charge is 2.25. The van der Waals surface area contributed by atoms with E-state index in [1.165, 1.54) is 11.8 Å². The summed E-state index contributed by atoms with van der Waals surface area (Å²) < 4.78 is 24.8. The molecule has 0 saturated carbocycles. The molecule has 1 saturated heterocycles. The lowest BCUT2D eigenvalue weighted by Crippen LogP contribution is -2.42. The second-order valence-corrected chi connectivity index (χ2v) is 8.08. The highest BCUT2D eigenvalue weighted by molar-refractivity contribution is 7.88. The lowest BCUT2D eigenvalue weighted by Gasteiger charge is -2.31. The van der Waals surface area contributed by atoms with E-state index in [9.17, 15) is 8.42 Å². The van der Waals surface area contributed by atoms with E-state index in [1.807, 2.05) is 6.07 Å². The second-order valence-electron chi connectivity index (χ2n) is 6.10. The molecule has 1 heterocycles. The number of piperidine rings is 1. The average Bonchev–Trinajstić information content (AvgIpc) is 2.47. The van der Waals surface area contributed by atoms with E-state index in [0.717, 1.165) is 25.9 Å². The van der Waals surface area contributed by atoms with Gasteiger partial charge in [0.15, 0.2) is 0 Å². The molecule has 0 amide bonds. The van der Waals surface area contributed by atoms with E-state index in [1.54, 1.807) is 4.31 Å². The number of benzene rings is 1. The Kier molecular flexibility index (Phi) is 5.79. The molecule has 0 aliphatic carbocycles. The smallest absolute Gasteiger partial charge is 0.211 e. The van der Waals surface area contributed by atoms with Gasteiger partial charge in [-0.2, -0.15) is 0 Å². The summed E-state index contributed by atoms with van der Waals surface area (Å²) in [6.45, 7) is 5.37. The van der Waals surface area contributed by atoms with Gasteiger partial charge in [-0.1, -0.05) is 37.3 Å². The predicted octanol–water partition coefficient (Wildman–Crippen LogP) is 2.05. The zero-order valence-electron chi connectivity index (χ0n) is 13.0. The minimum Gasteiger partial charge on any atom is -0.316 e. The van der Waals surface area contributed by atoms with Crippen molar-refractivity contribution in [2.45, 2.75) is 25.7 Å². The first-order valence-electron chi connectivity index (χ1n) is 7.67. The Bertz CT molecular complexity index is 530. The van der Waals surface area contributed by atoms with Crippen molar-refractivity contribution in [1.29, 1.82) is 0 Å². The van der Waals surface area contributed by atoms with Crippen LogP contribution >= 0.6 is 0 Å². The van der Waals surface area contributed by atoms with Crippen LogP contribution < -0.4 is 5.32 Å². The van der Waals surface area contributed by atoms with Crippen LogP contribution in [0.15, 0.2) is 30.3 Å². The summed E-state index contributed by atoms with van der Waals surface area (Å²) in [6, 6.07) is 10.5. The van der Waals surface area contributed by atoms with Gasteiger partial charge in [0.2, 0.25) is 10.0 Å². The first-order valence-corrected chi connectivity index (χ1v) is 9.52. The van der Waals surface area contributed by atoms with Gasteiger partial charge in [-0.25, -0.2) is 12.7 Å². The molecule has 0 bridgehead atoms. The van der Waals surface area contributed by atoms with E-state index >= 15 is 0 Å². The molecule has 1 N–H and O–H groups in total. The summed E-state index contributed by atoms with van der Waals surface area (Å²) in [5.41, 5.74) is 1.34. The summed E-state index contributed by atoms with van der Waals surface area (Å²) in [5.74, 6) is 0.900. The van der Waals surface area contributed by atoms with Crippen LogP contribution in [0.4, 0.5) is 0 Å². The average molecular weight is 310 g/mol. The van der Waals surface area contributed by atoms with Gasteiger partial charge < -0.3 is 5.32 Å². The predicted molar refractivity (Wildman–Crippen MR) is 86.9 cm³/mol. The number of hydrogen-bond acceptors (Lipinski definition) is 3. The molecule has 5 heteroatoms. The monoisotopic (exact) mass is 310 g/mol. The molecule has 0 aromatic heterocycles. The second kappa shape index (κ2) is 7.38. The molecule has 2 rings (SSSR count). The highest BCUT2D eigenvalue weighted by atomic mass is 32.2. The van der Waals surface area contributed by atoms with Crippen molar-refractivity contribution >= 4 is 10.0 Å². The minimum atomic E-state index is -3.04. The molecular weight excluding hydrogens is 284 g/mol. The Balaban J connectivity index is 1.76. The van der Waals surface area contributed by atoms with Crippen molar-refractivity contribution in [3.8, 4) is 0 Å². The molecule has 0 spiro atoms. The molecule has 21 heavy (non-hydrogen) atoms. The van der Waals surface area contributed by atoms with E-state index in [0.29, 0.717) is 24.9 Å². The first-order chi connectivity index (χ1) is 9.97.